The van der Waals surface area contributed by atoms with Gasteiger partial charge >= 0.3 is 5.97 Å². The lowest BCUT2D eigenvalue weighted by Crippen LogP contribution is -2.07. The molecule has 0 amide bonds. The van der Waals surface area contributed by atoms with Crippen molar-refractivity contribution in [1.82, 2.24) is 8.75 Å². The normalized spacial score (nSPS) is 11.4. The second kappa shape index (κ2) is 10.7. The number of benzene rings is 3. The molecule has 0 aliphatic carbocycles. The van der Waals surface area contributed by atoms with Crippen LogP contribution in [0.15, 0.2) is 103 Å². The minimum atomic E-state index is -1.11. The van der Waals surface area contributed by atoms with Crippen molar-refractivity contribution in [2.45, 2.75) is 0 Å². The van der Waals surface area contributed by atoms with Gasteiger partial charge in [-0.25, -0.2) is 4.79 Å². The van der Waals surface area contributed by atoms with Crippen LogP contribution in [0.4, 0.5) is 16.4 Å². The Morgan fingerprint density at radius 1 is 0.769 bits per heavy atom. The highest BCUT2D eigenvalue weighted by Crippen LogP contribution is 2.44. The molecule has 3 aromatic carbocycles. The second-order valence-electron chi connectivity index (χ2n) is 8.48. The fourth-order valence-corrected chi connectivity index (χ4v) is 6.92. The minimum Gasteiger partial charge on any atom is -0.477 e. The Morgan fingerprint density at radius 2 is 1.33 bits per heavy atom. The highest BCUT2D eigenvalue weighted by Gasteiger charge is 2.19. The van der Waals surface area contributed by atoms with E-state index < -0.39 is 5.97 Å². The first kappa shape index (κ1) is 24.8. The highest BCUT2D eigenvalue weighted by molar-refractivity contribution is 7.19. The van der Waals surface area contributed by atoms with Crippen LogP contribution in [0.5, 0.6) is 0 Å². The fourth-order valence-electron chi connectivity index (χ4n) is 4.30. The molecular weight excluding hydrogens is 543 g/mol. The zero-order chi connectivity index (χ0) is 26.8. The third-order valence-electron chi connectivity index (χ3n) is 6.09. The van der Waals surface area contributed by atoms with Crippen LogP contribution in [0.3, 0.4) is 0 Å². The zero-order valence-corrected chi connectivity index (χ0v) is 22.8. The Bertz CT molecular complexity index is 1820. The van der Waals surface area contributed by atoms with Gasteiger partial charge in [0.25, 0.3) is 0 Å². The molecule has 0 aliphatic rings. The van der Waals surface area contributed by atoms with Crippen molar-refractivity contribution in [3.63, 3.8) is 0 Å². The monoisotopic (exact) mass is 561 g/mol. The Kier molecular flexibility index (Phi) is 6.78. The summed E-state index contributed by atoms with van der Waals surface area (Å²) in [6, 6.07) is 32.9. The molecule has 0 saturated carbocycles. The zero-order valence-electron chi connectivity index (χ0n) is 20.3. The quantitative estimate of drug-likeness (QED) is 0.156. The minimum absolute atomic E-state index is 0.0761. The average molecular weight is 562 g/mol. The molecule has 0 bridgehead atoms. The van der Waals surface area contributed by atoms with Crippen LogP contribution >= 0.6 is 34.4 Å². The third-order valence-corrected chi connectivity index (χ3v) is 8.78. The molecule has 0 fully saturated rings. The van der Waals surface area contributed by atoms with E-state index >= 15 is 0 Å². The maximum atomic E-state index is 11.3. The fraction of sp³-hybridized carbons (Fsp3) is 0. The molecule has 8 heteroatoms. The van der Waals surface area contributed by atoms with Gasteiger partial charge in [-0.1, -0.05) is 54.5 Å². The SMILES string of the molecule is C#C/C(=C/c1ccc(-c2ccc(-c3ccc(N(c4ccccc4)c4ccccc4)s3)c3nsnc23)s1)C(=O)O. The number of thiophene rings is 2. The number of aliphatic carboxylic acids is 1. The van der Waals surface area contributed by atoms with E-state index in [0.29, 0.717) is 0 Å². The summed E-state index contributed by atoms with van der Waals surface area (Å²) in [6.45, 7) is 0. The van der Waals surface area contributed by atoms with Crippen LogP contribution < -0.4 is 4.90 Å². The molecule has 188 valence electrons. The lowest BCUT2D eigenvalue weighted by atomic mass is 10.1. The predicted molar refractivity (Wildman–Crippen MR) is 163 cm³/mol. The number of rotatable bonds is 7. The van der Waals surface area contributed by atoms with Gasteiger partial charge in [-0.05, 0) is 54.6 Å². The van der Waals surface area contributed by atoms with Crippen LogP contribution in [0.2, 0.25) is 0 Å². The van der Waals surface area contributed by atoms with Gasteiger partial charge < -0.3 is 10.0 Å². The molecule has 0 aliphatic heterocycles. The first-order valence-electron chi connectivity index (χ1n) is 11.9. The van der Waals surface area contributed by atoms with Gasteiger partial charge in [-0.3, -0.25) is 0 Å². The Labute approximate surface area is 237 Å². The number of hydrogen-bond donors (Lipinski definition) is 1. The number of nitrogens with zero attached hydrogens (tertiary/aromatic N) is 3. The molecule has 0 unspecified atom stereocenters. The Balaban J connectivity index is 1.39. The number of hydrogen-bond acceptors (Lipinski definition) is 7. The number of para-hydroxylation sites is 2. The molecule has 3 heterocycles. The summed E-state index contributed by atoms with van der Waals surface area (Å²) in [5.74, 6) is 1.11. The van der Waals surface area contributed by atoms with Crippen molar-refractivity contribution in [3.05, 3.63) is 108 Å². The Morgan fingerprint density at radius 3 is 1.90 bits per heavy atom. The maximum absolute atomic E-state index is 11.3. The number of carboxylic acid groups (broad SMARTS) is 1. The number of terminal acetylenes is 1. The van der Waals surface area contributed by atoms with E-state index in [2.05, 4.69) is 68.1 Å². The van der Waals surface area contributed by atoms with E-state index in [-0.39, 0.29) is 5.57 Å². The van der Waals surface area contributed by atoms with Crippen LogP contribution in [0.25, 0.3) is 38.0 Å². The highest BCUT2D eigenvalue weighted by atomic mass is 32.1. The number of carbonyl (C=O) groups is 1. The molecule has 6 rings (SSSR count). The molecule has 0 radical (unpaired) electrons. The molecule has 1 N–H and O–H groups in total. The van der Waals surface area contributed by atoms with E-state index in [1.165, 1.54) is 29.1 Å². The van der Waals surface area contributed by atoms with Crippen molar-refractivity contribution >= 4 is 73.9 Å². The molecule has 3 aromatic heterocycles. The topological polar surface area (TPSA) is 66.3 Å². The van der Waals surface area contributed by atoms with Gasteiger partial charge in [0.1, 0.15) is 21.6 Å². The average Bonchev–Trinajstić information content (AvgIpc) is 3.74. The number of carboxylic acids is 1. The molecular formula is C31H19N3O2S3. The van der Waals surface area contributed by atoms with Gasteiger partial charge in [0.2, 0.25) is 0 Å². The van der Waals surface area contributed by atoms with Crippen molar-refractivity contribution in [3.8, 4) is 33.2 Å². The molecule has 5 nitrogen and oxygen atoms in total. The van der Waals surface area contributed by atoms with E-state index in [9.17, 15) is 9.90 Å². The number of anilines is 3. The maximum Gasteiger partial charge on any atom is 0.344 e. The van der Waals surface area contributed by atoms with Crippen LogP contribution in [0, 0.1) is 12.3 Å². The van der Waals surface area contributed by atoms with E-state index in [1.54, 1.807) is 11.3 Å². The van der Waals surface area contributed by atoms with Crippen LogP contribution in [0.1, 0.15) is 4.88 Å². The summed E-state index contributed by atoms with van der Waals surface area (Å²) < 4.78 is 9.28. The largest absolute Gasteiger partial charge is 0.477 e. The van der Waals surface area contributed by atoms with E-state index in [0.717, 1.165) is 53.2 Å². The third kappa shape index (κ3) is 4.87. The van der Waals surface area contributed by atoms with Crippen molar-refractivity contribution in [2.24, 2.45) is 0 Å². The van der Waals surface area contributed by atoms with Gasteiger partial charge in [0.15, 0.2) is 0 Å². The molecule has 0 saturated heterocycles. The smallest absolute Gasteiger partial charge is 0.344 e. The summed E-state index contributed by atoms with van der Waals surface area (Å²) in [7, 11) is 0. The molecule has 39 heavy (non-hydrogen) atoms. The van der Waals surface area contributed by atoms with Gasteiger partial charge in [0, 0.05) is 37.1 Å². The Hall–Kier alpha value is -4.55. The lowest BCUT2D eigenvalue weighted by molar-refractivity contribution is -0.132. The standard InChI is InChI=1S/C31H19N3O2S3/c1-2-20(31(35)36)19-23-13-16-26(37-23)24-14-15-25(30-29(24)32-39-33-30)27-17-18-28(38-27)34(21-9-5-3-6-10-21)22-11-7-4-8-12-22/h1,3-19H,(H,35,36)/b20-19-. The van der Waals surface area contributed by atoms with Gasteiger partial charge in [0.05, 0.1) is 11.7 Å². The van der Waals surface area contributed by atoms with Crippen LogP contribution in [-0.4, -0.2) is 19.8 Å². The number of fused-ring (bicyclic) bond motifs is 1. The number of aromatic nitrogens is 2. The van der Waals surface area contributed by atoms with Crippen molar-refractivity contribution in [1.29, 1.82) is 0 Å². The summed E-state index contributed by atoms with van der Waals surface area (Å²) in [5, 5.41) is 10.3. The van der Waals surface area contributed by atoms with Crippen LogP contribution in [-0.2, 0) is 4.79 Å². The van der Waals surface area contributed by atoms with E-state index in [4.69, 9.17) is 6.42 Å². The lowest BCUT2D eigenvalue weighted by Gasteiger charge is -2.23. The summed E-state index contributed by atoms with van der Waals surface area (Å²) in [6.07, 6.45) is 6.86. The van der Waals surface area contributed by atoms with Crippen molar-refractivity contribution in [2.75, 3.05) is 4.90 Å². The van der Waals surface area contributed by atoms with Gasteiger partial charge in [-0.2, -0.15) is 8.75 Å². The van der Waals surface area contributed by atoms with Gasteiger partial charge in [-0.15, -0.1) is 29.1 Å². The summed E-state index contributed by atoms with van der Waals surface area (Å²) in [4.78, 5) is 16.4. The van der Waals surface area contributed by atoms with E-state index in [1.807, 2.05) is 48.5 Å². The first-order chi connectivity index (χ1) is 19.1. The molecule has 0 spiro atoms. The summed E-state index contributed by atoms with van der Waals surface area (Å²) >= 11 is 4.36. The molecule has 0 atom stereocenters. The first-order valence-corrected chi connectivity index (χ1v) is 14.3. The second-order valence-corrected chi connectivity index (χ2v) is 11.2. The molecule has 6 aromatic rings. The van der Waals surface area contributed by atoms with Crippen molar-refractivity contribution < 1.29 is 9.90 Å². The summed E-state index contributed by atoms with van der Waals surface area (Å²) in [5.41, 5.74) is 5.75. The predicted octanol–water partition coefficient (Wildman–Crippen LogP) is 8.72.